The molecule has 23 heavy (non-hydrogen) atoms. The zero-order valence-electron chi connectivity index (χ0n) is 13.0. The van der Waals surface area contributed by atoms with Crippen LogP contribution in [0.3, 0.4) is 0 Å². The lowest BCUT2D eigenvalue weighted by Crippen LogP contribution is -2.14. The number of nitrogens with zero attached hydrogens (tertiary/aromatic N) is 1. The van der Waals surface area contributed by atoms with Gasteiger partial charge >= 0.3 is 0 Å². The molecule has 4 rings (SSSR count). The van der Waals surface area contributed by atoms with E-state index < -0.39 is 0 Å². The Labute approximate surface area is 135 Å². The van der Waals surface area contributed by atoms with E-state index in [1.54, 1.807) is 6.20 Å². The van der Waals surface area contributed by atoms with E-state index in [0.29, 0.717) is 5.92 Å². The lowest BCUT2D eigenvalue weighted by atomic mass is 10.1. The van der Waals surface area contributed by atoms with Crippen molar-refractivity contribution in [2.45, 2.75) is 19.3 Å². The minimum absolute atomic E-state index is 0.0879. The molecular weight excluding hydrogens is 284 g/mol. The lowest BCUT2D eigenvalue weighted by molar-refractivity contribution is -0.117. The van der Waals surface area contributed by atoms with E-state index in [1.807, 2.05) is 30.5 Å². The first-order chi connectivity index (χ1) is 11.2. The van der Waals surface area contributed by atoms with Gasteiger partial charge in [-0.15, -0.1) is 0 Å². The van der Waals surface area contributed by atoms with Crippen LogP contribution in [-0.2, 0) is 4.79 Å². The van der Waals surface area contributed by atoms with Crippen LogP contribution in [0.5, 0.6) is 0 Å². The highest BCUT2D eigenvalue weighted by molar-refractivity contribution is 5.97. The van der Waals surface area contributed by atoms with Crippen molar-refractivity contribution in [1.82, 2.24) is 4.98 Å². The molecule has 1 aliphatic rings. The molecule has 1 saturated carbocycles. The van der Waals surface area contributed by atoms with Crippen molar-refractivity contribution in [3.05, 3.63) is 72.1 Å². The van der Waals surface area contributed by atoms with Gasteiger partial charge in [0.25, 0.3) is 0 Å². The summed E-state index contributed by atoms with van der Waals surface area (Å²) in [5.41, 5.74) is 3.37. The Bertz CT molecular complexity index is 887. The zero-order valence-corrected chi connectivity index (χ0v) is 13.0. The van der Waals surface area contributed by atoms with Crippen LogP contribution in [0.2, 0.25) is 0 Å². The summed E-state index contributed by atoms with van der Waals surface area (Å²) in [6.45, 7) is 2.09. The third kappa shape index (κ3) is 2.82. The average molecular weight is 302 g/mol. The highest BCUT2D eigenvalue weighted by atomic mass is 16.2. The topological polar surface area (TPSA) is 42.0 Å². The second kappa shape index (κ2) is 5.51. The van der Waals surface area contributed by atoms with Gasteiger partial charge in [0.1, 0.15) is 0 Å². The first-order valence-corrected chi connectivity index (χ1v) is 7.92. The van der Waals surface area contributed by atoms with E-state index in [0.717, 1.165) is 22.9 Å². The highest BCUT2D eigenvalue weighted by Gasteiger charge is 2.43. The fourth-order valence-corrected chi connectivity index (χ4v) is 3.15. The summed E-state index contributed by atoms with van der Waals surface area (Å²) >= 11 is 0. The highest BCUT2D eigenvalue weighted by Crippen LogP contribution is 2.48. The number of fused-ring (bicyclic) bond motifs is 1. The Kier molecular flexibility index (Phi) is 3.34. The molecule has 1 fully saturated rings. The number of aryl methyl sites for hydroxylation is 1. The first kappa shape index (κ1) is 13.9. The van der Waals surface area contributed by atoms with Crippen LogP contribution in [0.15, 0.2) is 60.9 Å². The number of carbonyl (C=O) groups is 1. The third-order valence-corrected chi connectivity index (χ3v) is 4.51. The molecule has 0 spiro atoms. The fraction of sp³-hybridized carbons (Fsp3) is 0.200. The smallest absolute Gasteiger partial charge is 0.228 e. The summed E-state index contributed by atoms with van der Waals surface area (Å²) in [6.07, 6.45) is 4.53. The van der Waals surface area contributed by atoms with Gasteiger partial charge in [-0.2, -0.15) is 0 Å². The van der Waals surface area contributed by atoms with Crippen LogP contribution in [0.1, 0.15) is 23.5 Å². The van der Waals surface area contributed by atoms with Crippen molar-refractivity contribution in [2.24, 2.45) is 5.92 Å². The maximum Gasteiger partial charge on any atom is 0.228 e. The molecule has 0 aliphatic heterocycles. The Morgan fingerprint density at radius 2 is 2.04 bits per heavy atom. The van der Waals surface area contributed by atoms with Gasteiger partial charge in [-0.1, -0.05) is 35.9 Å². The molecule has 1 N–H and O–H groups in total. The number of aromatic nitrogens is 1. The number of hydrogen-bond acceptors (Lipinski definition) is 2. The van der Waals surface area contributed by atoms with Crippen LogP contribution in [-0.4, -0.2) is 10.9 Å². The van der Waals surface area contributed by atoms with E-state index in [9.17, 15) is 4.79 Å². The van der Waals surface area contributed by atoms with Crippen molar-refractivity contribution >= 4 is 22.4 Å². The van der Waals surface area contributed by atoms with Crippen LogP contribution < -0.4 is 5.32 Å². The second-order valence-corrected chi connectivity index (χ2v) is 6.29. The summed E-state index contributed by atoms with van der Waals surface area (Å²) in [7, 11) is 0. The zero-order chi connectivity index (χ0) is 15.8. The summed E-state index contributed by atoms with van der Waals surface area (Å²) < 4.78 is 0. The standard InChI is InChI=1S/C20H18N2O/c1-13-3-2-4-15(9-13)18-11-19(18)20(23)22-17-6-5-16-12-21-8-7-14(16)10-17/h2-10,12,18-19H,11H2,1H3,(H,22,23). The number of rotatable bonds is 3. The second-order valence-electron chi connectivity index (χ2n) is 6.29. The first-order valence-electron chi connectivity index (χ1n) is 7.92. The van der Waals surface area contributed by atoms with Crippen LogP contribution in [0, 0.1) is 12.8 Å². The number of amides is 1. The minimum Gasteiger partial charge on any atom is -0.326 e. The molecule has 1 aromatic heterocycles. The Hall–Kier alpha value is -2.68. The molecule has 0 saturated heterocycles. The number of pyridine rings is 1. The molecule has 1 aliphatic carbocycles. The molecular formula is C20H18N2O. The summed E-state index contributed by atoms with van der Waals surface area (Å²) in [5, 5.41) is 5.22. The maximum absolute atomic E-state index is 12.5. The van der Waals surface area contributed by atoms with E-state index in [2.05, 4.69) is 41.5 Å². The van der Waals surface area contributed by atoms with Crippen molar-refractivity contribution in [3.63, 3.8) is 0 Å². The van der Waals surface area contributed by atoms with Crippen molar-refractivity contribution in [3.8, 4) is 0 Å². The molecule has 114 valence electrons. The van der Waals surface area contributed by atoms with Crippen LogP contribution in [0.4, 0.5) is 5.69 Å². The van der Waals surface area contributed by atoms with Crippen molar-refractivity contribution in [1.29, 1.82) is 0 Å². The third-order valence-electron chi connectivity index (χ3n) is 4.51. The average Bonchev–Trinajstić information content (AvgIpc) is 3.35. The lowest BCUT2D eigenvalue weighted by Gasteiger charge is -2.07. The van der Waals surface area contributed by atoms with E-state index in [1.165, 1.54) is 11.1 Å². The number of anilines is 1. The monoisotopic (exact) mass is 302 g/mol. The maximum atomic E-state index is 12.5. The van der Waals surface area contributed by atoms with Gasteiger partial charge in [0.05, 0.1) is 0 Å². The predicted octanol–water partition coefficient (Wildman–Crippen LogP) is 4.29. The van der Waals surface area contributed by atoms with E-state index in [4.69, 9.17) is 0 Å². The number of carbonyl (C=O) groups excluding carboxylic acids is 1. The minimum atomic E-state index is 0.0879. The molecule has 2 atom stereocenters. The quantitative estimate of drug-likeness (QED) is 0.784. The molecule has 3 nitrogen and oxygen atoms in total. The Balaban J connectivity index is 1.48. The normalized spacial score (nSPS) is 19.5. The molecule has 1 heterocycles. The number of nitrogens with one attached hydrogen (secondary N) is 1. The van der Waals surface area contributed by atoms with Crippen molar-refractivity contribution < 1.29 is 4.79 Å². The van der Waals surface area contributed by atoms with Gasteiger partial charge < -0.3 is 5.32 Å². The van der Waals surface area contributed by atoms with Gasteiger partial charge in [-0.3, -0.25) is 9.78 Å². The van der Waals surface area contributed by atoms with E-state index >= 15 is 0 Å². The van der Waals surface area contributed by atoms with Gasteiger partial charge in [0, 0.05) is 29.4 Å². The van der Waals surface area contributed by atoms with Crippen LogP contribution in [0.25, 0.3) is 10.8 Å². The Morgan fingerprint density at radius 3 is 2.91 bits per heavy atom. The Morgan fingerprint density at radius 1 is 1.13 bits per heavy atom. The molecule has 0 radical (unpaired) electrons. The van der Waals surface area contributed by atoms with E-state index in [-0.39, 0.29) is 11.8 Å². The molecule has 3 heteroatoms. The van der Waals surface area contributed by atoms with Gasteiger partial charge in [-0.05, 0) is 48.4 Å². The molecule has 2 unspecified atom stereocenters. The molecule has 1 amide bonds. The number of benzene rings is 2. The predicted molar refractivity (Wildman–Crippen MR) is 92.4 cm³/mol. The largest absolute Gasteiger partial charge is 0.326 e. The van der Waals surface area contributed by atoms with Gasteiger partial charge in [0.15, 0.2) is 0 Å². The summed E-state index contributed by atoms with van der Waals surface area (Å²) in [4.78, 5) is 16.6. The van der Waals surface area contributed by atoms with Crippen molar-refractivity contribution in [2.75, 3.05) is 5.32 Å². The molecule has 0 bridgehead atoms. The molecule has 3 aromatic rings. The van der Waals surface area contributed by atoms with Crippen LogP contribution >= 0.6 is 0 Å². The fourth-order valence-electron chi connectivity index (χ4n) is 3.15. The summed E-state index contributed by atoms with van der Waals surface area (Å²) in [5.74, 6) is 0.564. The molecule has 2 aromatic carbocycles. The SMILES string of the molecule is Cc1cccc(C2CC2C(=O)Nc2ccc3cnccc3c2)c1. The van der Waals surface area contributed by atoms with Gasteiger partial charge in [-0.25, -0.2) is 0 Å². The number of hydrogen-bond donors (Lipinski definition) is 1. The van der Waals surface area contributed by atoms with Gasteiger partial charge in [0.2, 0.25) is 5.91 Å². The summed E-state index contributed by atoms with van der Waals surface area (Å²) in [6, 6.07) is 16.3.